The van der Waals surface area contributed by atoms with Crippen molar-refractivity contribution in [3.8, 4) is 11.8 Å². The molecule has 1 aliphatic rings. The van der Waals surface area contributed by atoms with Crippen LogP contribution >= 0.6 is 0 Å². The van der Waals surface area contributed by atoms with Gasteiger partial charge in [0.15, 0.2) is 0 Å². The minimum Gasteiger partial charge on any atom is -0.342 e. The maximum absolute atomic E-state index is 11.8. The molecule has 0 N–H and O–H groups in total. The molecule has 0 saturated heterocycles. The summed E-state index contributed by atoms with van der Waals surface area (Å²) in [4.78, 5) is 13.7. The topological polar surface area (TPSA) is 20.3 Å². The van der Waals surface area contributed by atoms with Crippen LogP contribution < -0.4 is 0 Å². The molecule has 0 unspecified atom stereocenters. The van der Waals surface area contributed by atoms with Gasteiger partial charge in [-0.1, -0.05) is 13.8 Å². The van der Waals surface area contributed by atoms with Crippen LogP contribution in [0.5, 0.6) is 0 Å². The van der Waals surface area contributed by atoms with Gasteiger partial charge in [0.2, 0.25) is 5.91 Å². The molecule has 0 atom stereocenters. The van der Waals surface area contributed by atoms with Crippen molar-refractivity contribution in [2.45, 2.75) is 39.5 Å². The third-order valence-electron chi connectivity index (χ3n) is 2.30. The van der Waals surface area contributed by atoms with Crippen molar-refractivity contribution in [3.05, 3.63) is 0 Å². The lowest BCUT2D eigenvalue weighted by molar-refractivity contribution is -0.132. The molecule has 0 aliphatic carbocycles. The minimum absolute atomic E-state index is 0.295. The van der Waals surface area contributed by atoms with Crippen molar-refractivity contribution in [3.63, 3.8) is 0 Å². The average molecular weight is 193 g/mol. The maximum atomic E-state index is 11.8. The van der Waals surface area contributed by atoms with Gasteiger partial charge in [-0.15, -0.1) is 11.8 Å². The van der Waals surface area contributed by atoms with Gasteiger partial charge in [0.25, 0.3) is 0 Å². The highest BCUT2D eigenvalue weighted by Crippen LogP contribution is 2.07. The summed E-state index contributed by atoms with van der Waals surface area (Å²) >= 11 is 0. The van der Waals surface area contributed by atoms with Crippen LogP contribution in [0.4, 0.5) is 0 Å². The van der Waals surface area contributed by atoms with Gasteiger partial charge in [0.1, 0.15) is 0 Å². The minimum atomic E-state index is 0.295. The largest absolute Gasteiger partial charge is 0.342 e. The maximum Gasteiger partial charge on any atom is 0.222 e. The molecule has 1 amide bonds. The van der Waals surface area contributed by atoms with Crippen molar-refractivity contribution < 1.29 is 4.79 Å². The first-order chi connectivity index (χ1) is 6.70. The molecular weight excluding hydrogens is 174 g/mol. The average Bonchev–Trinajstić information content (AvgIpc) is 2.00. The van der Waals surface area contributed by atoms with Crippen molar-refractivity contribution >= 4 is 5.91 Å². The predicted molar refractivity (Wildman–Crippen MR) is 57.7 cm³/mol. The highest BCUT2D eigenvalue weighted by atomic mass is 16.2. The van der Waals surface area contributed by atoms with Crippen LogP contribution in [0.2, 0.25) is 0 Å². The molecule has 1 aliphatic heterocycles. The summed E-state index contributed by atoms with van der Waals surface area (Å²) in [7, 11) is 0. The molecule has 78 valence electrons. The quantitative estimate of drug-likeness (QED) is 0.615. The normalized spacial score (nSPS) is 16.9. The fourth-order valence-corrected chi connectivity index (χ4v) is 1.57. The van der Waals surface area contributed by atoms with Crippen LogP contribution in [0.15, 0.2) is 0 Å². The van der Waals surface area contributed by atoms with Crippen LogP contribution in [0.3, 0.4) is 0 Å². The van der Waals surface area contributed by atoms with Gasteiger partial charge in [-0.05, 0) is 12.3 Å². The molecule has 0 bridgehead atoms. The molecule has 2 nitrogen and oxygen atoms in total. The molecule has 0 aromatic rings. The van der Waals surface area contributed by atoms with E-state index in [4.69, 9.17) is 0 Å². The number of hydrogen-bond acceptors (Lipinski definition) is 1. The molecule has 1 heterocycles. The summed E-state index contributed by atoms with van der Waals surface area (Å²) in [6, 6.07) is 0. The van der Waals surface area contributed by atoms with Crippen LogP contribution in [0.1, 0.15) is 39.5 Å². The van der Waals surface area contributed by atoms with E-state index >= 15 is 0 Å². The van der Waals surface area contributed by atoms with Crippen molar-refractivity contribution in [2.24, 2.45) is 5.92 Å². The molecule has 0 aromatic carbocycles. The molecule has 0 aromatic heterocycles. The molecule has 1 rings (SSSR count). The Morgan fingerprint density at radius 2 is 2.00 bits per heavy atom. The van der Waals surface area contributed by atoms with E-state index in [1.54, 1.807) is 0 Å². The molecule has 0 spiro atoms. The van der Waals surface area contributed by atoms with Gasteiger partial charge in [-0.3, -0.25) is 4.79 Å². The zero-order valence-electron chi connectivity index (χ0n) is 9.18. The Bertz CT molecular complexity index is 247. The second-order valence-electron chi connectivity index (χ2n) is 4.19. The Kier molecular flexibility index (Phi) is 4.52. The van der Waals surface area contributed by atoms with Crippen LogP contribution in [-0.4, -0.2) is 23.9 Å². The number of amides is 1. The summed E-state index contributed by atoms with van der Waals surface area (Å²) in [5.41, 5.74) is 0. The number of hydrogen-bond donors (Lipinski definition) is 0. The van der Waals surface area contributed by atoms with Gasteiger partial charge in [0, 0.05) is 32.4 Å². The predicted octanol–water partition coefficient (Wildman–Crippen LogP) is 2.05. The van der Waals surface area contributed by atoms with Gasteiger partial charge in [0.05, 0.1) is 0 Å². The van der Waals surface area contributed by atoms with Crippen molar-refractivity contribution in [2.75, 3.05) is 13.1 Å². The van der Waals surface area contributed by atoms with E-state index in [0.717, 1.165) is 32.4 Å². The second-order valence-corrected chi connectivity index (χ2v) is 4.19. The van der Waals surface area contributed by atoms with Crippen LogP contribution in [0.25, 0.3) is 0 Å². The van der Waals surface area contributed by atoms with Gasteiger partial charge >= 0.3 is 0 Å². The lowest BCUT2D eigenvalue weighted by Gasteiger charge is -2.23. The van der Waals surface area contributed by atoms with Gasteiger partial charge in [-0.25, -0.2) is 0 Å². The summed E-state index contributed by atoms with van der Waals surface area (Å²) < 4.78 is 0. The van der Waals surface area contributed by atoms with E-state index in [1.165, 1.54) is 0 Å². The van der Waals surface area contributed by atoms with Crippen molar-refractivity contribution in [1.82, 2.24) is 4.90 Å². The van der Waals surface area contributed by atoms with E-state index in [2.05, 4.69) is 25.7 Å². The number of carbonyl (C=O) groups excluding carboxylic acids is 1. The number of rotatable bonds is 2. The fourth-order valence-electron chi connectivity index (χ4n) is 1.57. The van der Waals surface area contributed by atoms with Crippen LogP contribution in [-0.2, 0) is 4.79 Å². The molecule has 2 heteroatoms. The van der Waals surface area contributed by atoms with E-state index < -0.39 is 0 Å². The van der Waals surface area contributed by atoms with E-state index in [1.807, 2.05) is 4.90 Å². The first-order valence-electron chi connectivity index (χ1n) is 5.43. The molecule has 0 fully saturated rings. The highest BCUT2D eigenvalue weighted by Gasteiger charge is 2.14. The van der Waals surface area contributed by atoms with E-state index in [0.29, 0.717) is 18.2 Å². The summed E-state index contributed by atoms with van der Waals surface area (Å²) in [6.07, 6.45) is 3.47. The monoisotopic (exact) mass is 193 g/mol. The van der Waals surface area contributed by atoms with Crippen molar-refractivity contribution in [1.29, 1.82) is 0 Å². The van der Waals surface area contributed by atoms with Crippen LogP contribution in [0, 0.1) is 17.8 Å². The first-order valence-corrected chi connectivity index (χ1v) is 5.43. The lowest BCUT2D eigenvalue weighted by atomic mass is 10.1. The Balaban J connectivity index is 2.43. The number of nitrogens with zero attached hydrogens (tertiary/aromatic N) is 1. The summed E-state index contributed by atoms with van der Waals surface area (Å²) in [5, 5.41) is 0. The molecular formula is C12H19NO. The Hall–Kier alpha value is -0.970. The zero-order valence-corrected chi connectivity index (χ0v) is 9.18. The summed E-state index contributed by atoms with van der Waals surface area (Å²) in [5.74, 6) is 6.93. The Morgan fingerprint density at radius 1 is 1.29 bits per heavy atom. The standard InChI is InChI=1S/C12H19NO/c1-11(2)10-12(14)13-8-6-4-3-5-7-9-13/h11H,4,6-10H2,1-2H3. The first kappa shape index (κ1) is 11.1. The van der Waals surface area contributed by atoms with E-state index in [9.17, 15) is 4.79 Å². The Morgan fingerprint density at radius 3 is 2.71 bits per heavy atom. The Labute approximate surface area is 86.7 Å². The lowest BCUT2D eigenvalue weighted by Crippen LogP contribution is -2.33. The van der Waals surface area contributed by atoms with Gasteiger partial charge < -0.3 is 4.90 Å². The third kappa shape index (κ3) is 3.83. The van der Waals surface area contributed by atoms with E-state index in [-0.39, 0.29) is 0 Å². The number of carbonyl (C=O) groups is 1. The third-order valence-corrected chi connectivity index (χ3v) is 2.30. The second kappa shape index (κ2) is 5.70. The van der Waals surface area contributed by atoms with Gasteiger partial charge in [-0.2, -0.15) is 0 Å². The molecule has 0 radical (unpaired) electrons. The summed E-state index contributed by atoms with van der Waals surface area (Å²) in [6.45, 7) is 5.88. The molecule has 14 heavy (non-hydrogen) atoms. The molecule has 0 saturated carbocycles. The smallest absolute Gasteiger partial charge is 0.222 e. The fraction of sp³-hybridized carbons (Fsp3) is 0.750. The SMILES string of the molecule is CC(C)CC(=O)N1CCC#CCCC1. The highest BCUT2D eigenvalue weighted by molar-refractivity contribution is 5.76. The zero-order chi connectivity index (χ0) is 10.4.